The standard InChI is InChI=1S/C12H16N4O2/c1-18-10-4-13-12(14-5-10)16-6-8(7-16)11(17)15-9-2-3-9/h4-5,8-9H,2-3,6-7H2,1H3,(H,15,17). The molecule has 0 bridgehead atoms. The lowest BCUT2D eigenvalue weighted by Gasteiger charge is -2.38. The lowest BCUT2D eigenvalue weighted by Crippen LogP contribution is -2.54. The molecule has 0 radical (unpaired) electrons. The average molecular weight is 248 g/mol. The Bertz CT molecular complexity index is 438. The number of amides is 1. The highest BCUT2D eigenvalue weighted by atomic mass is 16.5. The molecule has 1 aromatic heterocycles. The van der Waals surface area contributed by atoms with Crippen LogP contribution in [0.4, 0.5) is 5.95 Å². The Balaban J connectivity index is 1.52. The second-order valence-corrected chi connectivity index (χ2v) is 4.81. The number of nitrogens with one attached hydrogen (secondary N) is 1. The maximum atomic E-state index is 11.8. The smallest absolute Gasteiger partial charge is 0.226 e. The Hall–Kier alpha value is -1.85. The normalized spacial score (nSPS) is 19.3. The molecule has 6 nitrogen and oxygen atoms in total. The van der Waals surface area contributed by atoms with Gasteiger partial charge in [-0.1, -0.05) is 0 Å². The van der Waals surface area contributed by atoms with Crippen LogP contribution in [0, 0.1) is 5.92 Å². The van der Waals surface area contributed by atoms with E-state index >= 15 is 0 Å². The van der Waals surface area contributed by atoms with Crippen molar-refractivity contribution < 1.29 is 9.53 Å². The van der Waals surface area contributed by atoms with E-state index in [1.54, 1.807) is 19.5 Å². The summed E-state index contributed by atoms with van der Waals surface area (Å²) in [6.07, 6.45) is 5.54. The Morgan fingerprint density at radius 3 is 2.61 bits per heavy atom. The number of carbonyl (C=O) groups is 1. The van der Waals surface area contributed by atoms with Gasteiger partial charge < -0.3 is 15.0 Å². The third kappa shape index (κ3) is 2.23. The van der Waals surface area contributed by atoms with Crippen LogP contribution in [0.2, 0.25) is 0 Å². The summed E-state index contributed by atoms with van der Waals surface area (Å²) in [6.45, 7) is 1.40. The van der Waals surface area contributed by atoms with Crippen LogP contribution in [0.1, 0.15) is 12.8 Å². The summed E-state index contributed by atoms with van der Waals surface area (Å²) < 4.78 is 5.00. The molecule has 96 valence electrons. The zero-order valence-electron chi connectivity index (χ0n) is 10.3. The van der Waals surface area contributed by atoms with Crippen LogP contribution in [0.5, 0.6) is 5.75 Å². The largest absolute Gasteiger partial charge is 0.494 e. The van der Waals surface area contributed by atoms with E-state index in [2.05, 4.69) is 15.3 Å². The van der Waals surface area contributed by atoms with Gasteiger partial charge in [0.25, 0.3) is 0 Å². The van der Waals surface area contributed by atoms with Gasteiger partial charge in [0.15, 0.2) is 5.75 Å². The van der Waals surface area contributed by atoms with E-state index < -0.39 is 0 Å². The summed E-state index contributed by atoms with van der Waals surface area (Å²) in [5, 5.41) is 3.02. The lowest BCUT2D eigenvalue weighted by molar-refractivity contribution is -0.125. The second kappa shape index (κ2) is 4.44. The van der Waals surface area contributed by atoms with Crippen LogP contribution in [0.25, 0.3) is 0 Å². The van der Waals surface area contributed by atoms with Gasteiger partial charge in [0.2, 0.25) is 11.9 Å². The summed E-state index contributed by atoms with van der Waals surface area (Å²) in [6, 6.07) is 0.434. The molecule has 0 spiro atoms. The highest BCUT2D eigenvalue weighted by Gasteiger charge is 2.36. The predicted molar refractivity (Wildman–Crippen MR) is 65.5 cm³/mol. The molecule has 0 unspecified atom stereocenters. The molecule has 1 aromatic rings. The molecule has 0 aromatic carbocycles. The maximum absolute atomic E-state index is 11.8. The van der Waals surface area contributed by atoms with E-state index in [-0.39, 0.29) is 11.8 Å². The fourth-order valence-corrected chi connectivity index (χ4v) is 1.93. The SMILES string of the molecule is COc1cnc(N2CC(C(=O)NC3CC3)C2)nc1. The molecule has 1 aliphatic heterocycles. The minimum atomic E-state index is 0.0799. The number of rotatable bonds is 4. The molecule has 6 heteroatoms. The van der Waals surface area contributed by atoms with Crippen molar-refractivity contribution in [3.63, 3.8) is 0 Å². The first-order valence-electron chi connectivity index (χ1n) is 6.17. The monoisotopic (exact) mass is 248 g/mol. The molecule has 1 amide bonds. The van der Waals surface area contributed by atoms with Gasteiger partial charge in [-0.05, 0) is 12.8 Å². The van der Waals surface area contributed by atoms with Gasteiger partial charge in [-0.25, -0.2) is 9.97 Å². The molecule has 1 N–H and O–H groups in total. The Morgan fingerprint density at radius 2 is 2.06 bits per heavy atom. The number of anilines is 1. The van der Waals surface area contributed by atoms with Crippen molar-refractivity contribution in [1.29, 1.82) is 0 Å². The summed E-state index contributed by atoms with van der Waals surface area (Å²) in [7, 11) is 1.58. The molecular weight excluding hydrogens is 232 g/mol. The van der Waals surface area contributed by atoms with Gasteiger partial charge >= 0.3 is 0 Å². The highest BCUT2D eigenvalue weighted by molar-refractivity contribution is 5.82. The van der Waals surface area contributed by atoms with Crippen molar-refractivity contribution in [3.8, 4) is 5.75 Å². The summed E-state index contributed by atoms with van der Waals surface area (Å²) in [5.41, 5.74) is 0. The molecule has 2 heterocycles. The number of hydrogen-bond donors (Lipinski definition) is 1. The second-order valence-electron chi connectivity index (χ2n) is 4.81. The summed E-state index contributed by atoms with van der Waals surface area (Å²) >= 11 is 0. The van der Waals surface area contributed by atoms with Crippen molar-refractivity contribution in [2.24, 2.45) is 5.92 Å². The number of methoxy groups -OCH3 is 1. The Morgan fingerprint density at radius 1 is 1.39 bits per heavy atom. The third-order valence-corrected chi connectivity index (χ3v) is 3.31. The van der Waals surface area contributed by atoms with Crippen molar-refractivity contribution in [2.75, 3.05) is 25.1 Å². The van der Waals surface area contributed by atoms with Crippen LogP contribution in [-0.4, -0.2) is 42.1 Å². The number of hydrogen-bond acceptors (Lipinski definition) is 5. The fourth-order valence-electron chi connectivity index (χ4n) is 1.93. The van der Waals surface area contributed by atoms with E-state index in [4.69, 9.17) is 4.74 Å². The lowest BCUT2D eigenvalue weighted by atomic mass is 10.00. The number of carbonyl (C=O) groups excluding carboxylic acids is 1. The van der Waals surface area contributed by atoms with Gasteiger partial charge in [0.1, 0.15) is 0 Å². The first kappa shape index (κ1) is 11.3. The molecule has 18 heavy (non-hydrogen) atoms. The maximum Gasteiger partial charge on any atom is 0.226 e. The molecule has 2 fully saturated rings. The predicted octanol–water partition coefficient (Wildman–Crippen LogP) is 0.200. The minimum Gasteiger partial charge on any atom is -0.494 e. The van der Waals surface area contributed by atoms with Gasteiger partial charge in [-0.2, -0.15) is 0 Å². The third-order valence-electron chi connectivity index (χ3n) is 3.31. The first-order valence-corrected chi connectivity index (χ1v) is 6.17. The zero-order valence-corrected chi connectivity index (χ0v) is 10.3. The topological polar surface area (TPSA) is 67.3 Å². The number of nitrogens with zero attached hydrogens (tertiary/aromatic N) is 3. The summed E-state index contributed by atoms with van der Waals surface area (Å²) in [5.74, 6) is 1.55. The Kier molecular flexibility index (Phi) is 2.77. The average Bonchev–Trinajstić information content (AvgIpc) is 3.12. The van der Waals surface area contributed by atoms with Gasteiger partial charge in [-0.15, -0.1) is 0 Å². The fraction of sp³-hybridized carbons (Fsp3) is 0.583. The van der Waals surface area contributed by atoms with Crippen molar-refractivity contribution in [3.05, 3.63) is 12.4 Å². The van der Waals surface area contributed by atoms with E-state index in [0.29, 0.717) is 30.8 Å². The van der Waals surface area contributed by atoms with E-state index in [9.17, 15) is 4.79 Å². The first-order chi connectivity index (χ1) is 8.76. The summed E-state index contributed by atoms with van der Waals surface area (Å²) in [4.78, 5) is 22.1. The minimum absolute atomic E-state index is 0.0799. The van der Waals surface area contributed by atoms with Crippen LogP contribution in [0.15, 0.2) is 12.4 Å². The van der Waals surface area contributed by atoms with Gasteiger partial charge in [-0.3, -0.25) is 4.79 Å². The molecule has 0 atom stereocenters. The van der Waals surface area contributed by atoms with Crippen LogP contribution < -0.4 is 15.0 Å². The molecule has 1 aliphatic carbocycles. The van der Waals surface area contributed by atoms with Crippen LogP contribution in [-0.2, 0) is 4.79 Å². The van der Waals surface area contributed by atoms with Gasteiger partial charge in [0, 0.05) is 19.1 Å². The molecular formula is C12H16N4O2. The number of ether oxygens (including phenoxy) is 1. The quantitative estimate of drug-likeness (QED) is 0.824. The Labute approximate surface area is 105 Å². The van der Waals surface area contributed by atoms with E-state index in [0.717, 1.165) is 12.8 Å². The molecule has 1 saturated heterocycles. The molecule has 1 saturated carbocycles. The van der Waals surface area contributed by atoms with Crippen molar-refractivity contribution >= 4 is 11.9 Å². The van der Waals surface area contributed by atoms with Crippen LogP contribution >= 0.6 is 0 Å². The van der Waals surface area contributed by atoms with Crippen molar-refractivity contribution in [1.82, 2.24) is 15.3 Å². The van der Waals surface area contributed by atoms with Crippen molar-refractivity contribution in [2.45, 2.75) is 18.9 Å². The van der Waals surface area contributed by atoms with Gasteiger partial charge in [0.05, 0.1) is 25.4 Å². The number of aromatic nitrogens is 2. The molecule has 3 rings (SSSR count). The zero-order chi connectivity index (χ0) is 12.5. The van der Waals surface area contributed by atoms with E-state index in [1.807, 2.05) is 4.90 Å². The highest BCUT2D eigenvalue weighted by Crippen LogP contribution is 2.24. The molecule has 2 aliphatic rings. The van der Waals surface area contributed by atoms with Crippen LogP contribution in [0.3, 0.4) is 0 Å². The van der Waals surface area contributed by atoms with E-state index in [1.165, 1.54) is 0 Å².